The van der Waals surface area contributed by atoms with Gasteiger partial charge in [0.15, 0.2) is 6.23 Å². The SMILES string of the molecule is COc1ccc2c(c1)CCN(C(C)=O)C2OC. The summed E-state index contributed by atoms with van der Waals surface area (Å²) in [5, 5.41) is 0. The van der Waals surface area contributed by atoms with Crippen LogP contribution in [0.4, 0.5) is 0 Å². The first-order valence-corrected chi connectivity index (χ1v) is 5.64. The summed E-state index contributed by atoms with van der Waals surface area (Å²) in [6, 6.07) is 5.88. The van der Waals surface area contributed by atoms with Crippen LogP contribution in [0.25, 0.3) is 0 Å². The number of ether oxygens (including phenoxy) is 2. The molecule has 4 heteroatoms. The van der Waals surface area contributed by atoms with Gasteiger partial charge in [0.2, 0.25) is 5.91 Å². The highest BCUT2D eigenvalue weighted by atomic mass is 16.5. The predicted octanol–water partition coefficient (Wildman–Crippen LogP) is 1.74. The second-order valence-corrected chi connectivity index (χ2v) is 4.12. The molecule has 1 aromatic carbocycles. The Hall–Kier alpha value is -1.55. The molecule has 0 spiro atoms. The maximum Gasteiger partial charge on any atom is 0.221 e. The van der Waals surface area contributed by atoms with E-state index in [9.17, 15) is 4.79 Å². The van der Waals surface area contributed by atoms with Crippen molar-refractivity contribution in [1.82, 2.24) is 4.90 Å². The number of carbonyl (C=O) groups is 1. The molecule has 1 aromatic rings. The predicted molar refractivity (Wildman–Crippen MR) is 63.8 cm³/mol. The van der Waals surface area contributed by atoms with Gasteiger partial charge in [0.1, 0.15) is 5.75 Å². The lowest BCUT2D eigenvalue weighted by molar-refractivity contribution is -0.143. The van der Waals surface area contributed by atoms with Gasteiger partial charge in [-0.3, -0.25) is 4.79 Å². The van der Waals surface area contributed by atoms with Crippen LogP contribution in [0.1, 0.15) is 24.3 Å². The topological polar surface area (TPSA) is 38.8 Å². The molecule has 0 saturated carbocycles. The van der Waals surface area contributed by atoms with Crippen molar-refractivity contribution in [2.24, 2.45) is 0 Å². The Kier molecular flexibility index (Phi) is 3.33. The number of benzene rings is 1. The van der Waals surface area contributed by atoms with Crippen molar-refractivity contribution < 1.29 is 14.3 Å². The van der Waals surface area contributed by atoms with Crippen LogP contribution in [0, 0.1) is 0 Å². The van der Waals surface area contributed by atoms with Gasteiger partial charge in [0.05, 0.1) is 7.11 Å². The van der Waals surface area contributed by atoms with Crippen LogP contribution < -0.4 is 4.74 Å². The molecule has 0 aromatic heterocycles. The van der Waals surface area contributed by atoms with Gasteiger partial charge in [0.25, 0.3) is 0 Å². The molecule has 0 radical (unpaired) electrons. The molecule has 0 bridgehead atoms. The van der Waals surface area contributed by atoms with Crippen molar-refractivity contribution in [2.45, 2.75) is 19.6 Å². The van der Waals surface area contributed by atoms with Crippen LogP contribution in [0.15, 0.2) is 18.2 Å². The Morgan fingerprint density at radius 2 is 2.18 bits per heavy atom. The molecule has 1 heterocycles. The number of rotatable bonds is 2. The lowest BCUT2D eigenvalue weighted by Gasteiger charge is -2.35. The number of carbonyl (C=O) groups excluding carboxylic acids is 1. The number of amides is 1. The Bertz CT molecular complexity index is 431. The standard InChI is InChI=1S/C13H17NO3/c1-9(15)14-7-6-10-8-11(16-2)4-5-12(10)13(14)17-3/h4-5,8,13H,6-7H2,1-3H3. The van der Waals surface area contributed by atoms with E-state index in [1.807, 2.05) is 18.2 Å². The largest absolute Gasteiger partial charge is 0.497 e. The van der Waals surface area contributed by atoms with E-state index in [-0.39, 0.29) is 12.1 Å². The zero-order valence-electron chi connectivity index (χ0n) is 10.4. The average Bonchev–Trinajstić information content (AvgIpc) is 2.36. The van der Waals surface area contributed by atoms with Crippen molar-refractivity contribution in [2.75, 3.05) is 20.8 Å². The van der Waals surface area contributed by atoms with Crippen molar-refractivity contribution in [3.63, 3.8) is 0 Å². The number of hydrogen-bond donors (Lipinski definition) is 0. The van der Waals surface area contributed by atoms with E-state index < -0.39 is 0 Å². The highest BCUT2D eigenvalue weighted by Gasteiger charge is 2.28. The average molecular weight is 235 g/mol. The van der Waals surface area contributed by atoms with Crippen LogP contribution >= 0.6 is 0 Å². The molecule has 0 saturated heterocycles. The number of nitrogens with zero attached hydrogens (tertiary/aromatic N) is 1. The fourth-order valence-electron chi connectivity index (χ4n) is 2.27. The maximum absolute atomic E-state index is 11.5. The zero-order valence-corrected chi connectivity index (χ0v) is 10.4. The third-order valence-corrected chi connectivity index (χ3v) is 3.15. The summed E-state index contributed by atoms with van der Waals surface area (Å²) in [5.41, 5.74) is 2.24. The van der Waals surface area contributed by atoms with Crippen LogP contribution in [-0.2, 0) is 16.0 Å². The minimum atomic E-state index is -0.276. The first-order chi connectivity index (χ1) is 8.17. The molecule has 1 aliphatic rings. The van der Waals surface area contributed by atoms with Gasteiger partial charge >= 0.3 is 0 Å². The van der Waals surface area contributed by atoms with Crippen LogP contribution in [0.5, 0.6) is 5.75 Å². The van der Waals surface area contributed by atoms with E-state index in [0.29, 0.717) is 6.54 Å². The number of hydrogen-bond acceptors (Lipinski definition) is 3. The third-order valence-electron chi connectivity index (χ3n) is 3.15. The number of methoxy groups -OCH3 is 2. The highest BCUT2D eigenvalue weighted by Crippen LogP contribution is 2.32. The van der Waals surface area contributed by atoms with Crippen molar-refractivity contribution in [3.05, 3.63) is 29.3 Å². The van der Waals surface area contributed by atoms with Gasteiger partial charge in [-0.1, -0.05) is 6.07 Å². The quantitative estimate of drug-likeness (QED) is 0.783. The molecular formula is C13H17NO3. The van der Waals surface area contributed by atoms with E-state index in [1.165, 1.54) is 5.56 Å². The molecular weight excluding hydrogens is 218 g/mol. The molecule has 4 nitrogen and oxygen atoms in total. The van der Waals surface area contributed by atoms with Gasteiger partial charge in [-0.15, -0.1) is 0 Å². The monoisotopic (exact) mass is 235 g/mol. The molecule has 92 valence electrons. The van der Waals surface area contributed by atoms with E-state index in [2.05, 4.69) is 0 Å². The summed E-state index contributed by atoms with van der Waals surface area (Å²) in [5.74, 6) is 0.883. The Balaban J connectivity index is 2.38. The Morgan fingerprint density at radius 1 is 1.41 bits per heavy atom. The van der Waals surface area contributed by atoms with E-state index in [1.54, 1.807) is 26.0 Å². The zero-order chi connectivity index (χ0) is 12.4. The van der Waals surface area contributed by atoms with Gasteiger partial charge < -0.3 is 14.4 Å². The first kappa shape index (κ1) is 11.9. The van der Waals surface area contributed by atoms with Crippen molar-refractivity contribution in [1.29, 1.82) is 0 Å². The normalized spacial score (nSPS) is 18.8. The molecule has 1 aliphatic heterocycles. The molecule has 0 N–H and O–H groups in total. The Labute approximate surface area is 101 Å². The summed E-state index contributed by atoms with van der Waals surface area (Å²) in [7, 11) is 3.28. The van der Waals surface area contributed by atoms with E-state index >= 15 is 0 Å². The van der Waals surface area contributed by atoms with Crippen LogP contribution in [0.3, 0.4) is 0 Å². The lowest BCUT2D eigenvalue weighted by Crippen LogP contribution is -2.39. The minimum absolute atomic E-state index is 0.0401. The second-order valence-electron chi connectivity index (χ2n) is 4.12. The fraction of sp³-hybridized carbons (Fsp3) is 0.462. The van der Waals surface area contributed by atoms with Gasteiger partial charge in [-0.2, -0.15) is 0 Å². The third kappa shape index (κ3) is 2.13. The summed E-state index contributed by atoms with van der Waals surface area (Å²) in [6.07, 6.45) is 0.563. The number of fused-ring (bicyclic) bond motifs is 1. The highest BCUT2D eigenvalue weighted by molar-refractivity contribution is 5.74. The summed E-state index contributed by atoms with van der Waals surface area (Å²) in [4.78, 5) is 13.3. The molecule has 1 unspecified atom stereocenters. The van der Waals surface area contributed by atoms with Crippen LogP contribution in [-0.4, -0.2) is 31.6 Å². The van der Waals surface area contributed by atoms with E-state index in [4.69, 9.17) is 9.47 Å². The first-order valence-electron chi connectivity index (χ1n) is 5.64. The molecule has 17 heavy (non-hydrogen) atoms. The van der Waals surface area contributed by atoms with E-state index in [0.717, 1.165) is 17.7 Å². The summed E-state index contributed by atoms with van der Waals surface area (Å²) < 4.78 is 10.6. The van der Waals surface area contributed by atoms with Gasteiger partial charge in [0, 0.05) is 26.1 Å². The van der Waals surface area contributed by atoms with Crippen LogP contribution in [0.2, 0.25) is 0 Å². The molecule has 1 amide bonds. The molecule has 2 rings (SSSR count). The molecule has 0 fully saturated rings. The maximum atomic E-state index is 11.5. The fourth-order valence-corrected chi connectivity index (χ4v) is 2.27. The second kappa shape index (κ2) is 4.75. The van der Waals surface area contributed by atoms with Gasteiger partial charge in [-0.25, -0.2) is 0 Å². The Morgan fingerprint density at radius 3 is 2.76 bits per heavy atom. The lowest BCUT2D eigenvalue weighted by atomic mass is 9.97. The smallest absolute Gasteiger partial charge is 0.221 e. The minimum Gasteiger partial charge on any atom is -0.497 e. The van der Waals surface area contributed by atoms with Crippen molar-refractivity contribution >= 4 is 5.91 Å². The molecule has 0 aliphatic carbocycles. The summed E-state index contributed by atoms with van der Waals surface area (Å²) in [6.45, 7) is 2.26. The summed E-state index contributed by atoms with van der Waals surface area (Å²) >= 11 is 0. The molecule has 1 atom stereocenters. The van der Waals surface area contributed by atoms with Gasteiger partial charge in [-0.05, 0) is 24.1 Å². The van der Waals surface area contributed by atoms with Crippen molar-refractivity contribution in [3.8, 4) is 5.75 Å².